The molecule has 8 heteroatoms. The maximum absolute atomic E-state index is 13.3. The Hall–Kier alpha value is -3.94. The third-order valence-electron chi connectivity index (χ3n) is 5.64. The summed E-state index contributed by atoms with van der Waals surface area (Å²) in [5.41, 5.74) is 0.351. The molecular weight excluding hydrogens is 408 g/mol. The topological polar surface area (TPSA) is 95.8 Å². The predicted octanol–water partition coefficient (Wildman–Crippen LogP) is 3.06. The summed E-state index contributed by atoms with van der Waals surface area (Å²) in [6.07, 6.45) is 5.24. The zero-order valence-electron chi connectivity index (χ0n) is 17.7. The van der Waals surface area contributed by atoms with Crippen molar-refractivity contribution in [2.24, 2.45) is 0 Å². The van der Waals surface area contributed by atoms with Crippen molar-refractivity contribution in [2.45, 2.75) is 32.0 Å². The number of urea groups is 1. The number of benzene rings is 1. The lowest BCUT2D eigenvalue weighted by atomic mass is 9.87. The highest BCUT2D eigenvalue weighted by Crippen LogP contribution is 2.32. The van der Waals surface area contributed by atoms with Gasteiger partial charge in [-0.2, -0.15) is 0 Å². The first-order valence-corrected chi connectivity index (χ1v) is 10.4. The smallest absolute Gasteiger partial charge is 0.325 e. The zero-order chi connectivity index (χ0) is 22.6. The Morgan fingerprint density at radius 2 is 1.91 bits per heavy atom. The van der Waals surface area contributed by atoms with Gasteiger partial charge in [0.15, 0.2) is 0 Å². The van der Waals surface area contributed by atoms with E-state index in [1.165, 1.54) is 6.26 Å². The van der Waals surface area contributed by atoms with Crippen LogP contribution in [0, 0.1) is 0 Å². The van der Waals surface area contributed by atoms with Crippen LogP contribution in [-0.2, 0) is 28.2 Å². The minimum atomic E-state index is -1.17. The normalized spacial score (nSPS) is 18.0. The second-order valence-electron chi connectivity index (χ2n) is 7.64. The molecule has 164 valence electrons. The molecule has 1 saturated heterocycles. The average Bonchev–Trinajstić information content (AvgIpc) is 3.42. The SMILES string of the molecule is CCC1(c2ccccc2)NC(=O)N(CC(=O)N(Cc2cccnc2)Cc2ccco2)C1=O. The van der Waals surface area contributed by atoms with Crippen molar-refractivity contribution in [3.63, 3.8) is 0 Å². The van der Waals surface area contributed by atoms with Gasteiger partial charge in [0.25, 0.3) is 5.91 Å². The molecule has 8 nitrogen and oxygen atoms in total. The van der Waals surface area contributed by atoms with E-state index in [9.17, 15) is 14.4 Å². The maximum Gasteiger partial charge on any atom is 0.325 e. The van der Waals surface area contributed by atoms with Gasteiger partial charge < -0.3 is 14.6 Å². The Kier molecular flexibility index (Phi) is 6.02. The van der Waals surface area contributed by atoms with Crippen molar-refractivity contribution in [1.29, 1.82) is 0 Å². The van der Waals surface area contributed by atoms with Crippen LogP contribution in [0.1, 0.15) is 30.2 Å². The van der Waals surface area contributed by atoms with E-state index in [1.54, 1.807) is 47.6 Å². The number of furan rings is 1. The number of aromatic nitrogens is 1. The molecule has 4 rings (SSSR count). The van der Waals surface area contributed by atoms with E-state index in [0.29, 0.717) is 17.7 Å². The van der Waals surface area contributed by atoms with Crippen molar-refractivity contribution < 1.29 is 18.8 Å². The molecule has 3 heterocycles. The Bertz CT molecular complexity index is 1090. The molecule has 0 aliphatic carbocycles. The molecule has 0 saturated carbocycles. The summed E-state index contributed by atoms with van der Waals surface area (Å²) < 4.78 is 5.40. The first-order valence-electron chi connectivity index (χ1n) is 10.4. The van der Waals surface area contributed by atoms with Crippen LogP contribution in [0.25, 0.3) is 0 Å². The quantitative estimate of drug-likeness (QED) is 0.552. The van der Waals surface area contributed by atoms with E-state index < -0.39 is 17.5 Å². The molecule has 32 heavy (non-hydrogen) atoms. The third-order valence-corrected chi connectivity index (χ3v) is 5.64. The van der Waals surface area contributed by atoms with E-state index in [4.69, 9.17) is 4.42 Å². The van der Waals surface area contributed by atoms with Gasteiger partial charge in [-0.3, -0.25) is 19.5 Å². The molecule has 1 unspecified atom stereocenters. The van der Waals surface area contributed by atoms with Gasteiger partial charge in [-0.25, -0.2) is 4.79 Å². The molecule has 0 bridgehead atoms. The van der Waals surface area contributed by atoms with E-state index in [1.807, 2.05) is 31.2 Å². The van der Waals surface area contributed by atoms with Crippen LogP contribution in [0.4, 0.5) is 4.79 Å². The molecule has 0 spiro atoms. The molecule has 1 fully saturated rings. The second-order valence-corrected chi connectivity index (χ2v) is 7.64. The number of pyridine rings is 1. The first-order chi connectivity index (χ1) is 15.5. The molecule has 1 N–H and O–H groups in total. The molecule has 1 aromatic carbocycles. The molecule has 3 aromatic rings. The summed E-state index contributed by atoms with van der Waals surface area (Å²) in [5.74, 6) is -0.191. The lowest BCUT2D eigenvalue weighted by Gasteiger charge is -2.26. The molecule has 0 radical (unpaired) electrons. The van der Waals surface area contributed by atoms with Gasteiger partial charge in [-0.05, 0) is 35.7 Å². The van der Waals surface area contributed by atoms with Crippen LogP contribution in [0.3, 0.4) is 0 Å². The maximum atomic E-state index is 13.3. The zero-order valence-corrected chi connectivity index (χ0v) is 17.7. The van der Waals surface area contributed by atoms with Crippen molar-refractivity contribution >= 4 is 17.8 Å². The fourth-order valence-corrected chi connectivity index (χ4v) is 3.90. The van der Waals surface area contributed by atoms with E-state index in [-0.39, 0.29) is 25.5 Å². The van der Waals surface area contributed by atoms with Crippen LogP contribution in [0.2, 0.25) is 0 Å². The minimum Gasteiger partial charge on any atom is -0.467 e. The number of carbonyl (C=O) groups is 3. The monoisotopic (exact) mass is 432 g/mol. The molecule has 1 aliphatic heterocycles. The second kappa shape index (κ2) is 9.05. The van der Waals surface area contributed by atoms with Crippen molar-refractivity contribution in [3.8, 4) is 0 Å². The minimum absolute atomic E-state index is 0.210. The third kappa shape index (κ3) is 4.12. The molecular formula is C24H24N4O4. The van der Waals surface area contributed by atoms with Gasteiger partial charge in [0, 0.05) is 18.9 Å². The van der Waals surface area contributed by atoms with Crippen LogP contribution in [-0.4, -0.2) is 39.2 Å². The predicted molar refractivity (Wildman–Crippen MR) is 116 cm³/mol. The summed E-state index contributed by atoms with van der Waals surface area (Å²) in [5, 5.41) is 2.81. The average molecular weight is 432 g/mol. The van der Waals surface area contributed by atoms with E-state index >= 15 is 0 Å². The summed E-state index contributed by atoms with van der Waals surface area (Å²) in [4.78, 5) is 46.0. The molecule has 2 aromatic heterocycles. The number of carbonyl (C=O) groups excluding carboxylic acids is 3. The van der Waals surface area contributed by atoms with Crippen LogP contribution in [0.15, 0.2) is 77.7 Å². The number of amides is 4. The van der Waals surface area contributed by atoms with E-state index in [0.717, 1.165) is 10.5 Å². The summed E-state index contributed by atoms with van der Waals surface area (Å²) >= 11 is 0. The molecule has 1 atom stereocenters. The Labute approximate surface area is 185 Å². The Morgan fingerprint density at radius 1 is 1.09 bits per heavy atom. The Balaban J connectivity index is 1.55. The summed E-state index contributed by atoms with van der Waals surface area (Å²) in [7, 11) is 0. The molecule has 1 aliphatic rings. The lowest BCUT2D eigenvalue weighted by molar-refractivity contribution is -0.140. The number of nitrogens with zero attached hydrogens (tertiary/aromatic N) is 3. The highest BCUT2D eigenvalue weighted by molar-refractivity contribution is 6.09. The van der Waals surface area contributed by atoms with Gasteiger partial charge in [0.2, 0.25) is 5.91 Å². The van der Waals surface area contributed by atoms with Crippen molar-refractivity contribution in [1.82, 2.24) is 20.1 Å². The summed E-state index contributed by atoms with van der Waals surface area (Å²) in [6.45, 7) is 1.96. The highest BCUT2D eigenvalue weighted by atomic mass is 16.3. The van der Waals surface area contributed by atoms with Crippen LogP contribution in [0.5, 0.6) is 0 Å². The fraction of sp³-hybridized carbons (Fsp3) is 0.250. The first kappa shape index (κ1) is 21.3. The van der Waals surface area contributed by atoms with Gasteiger partial charge in [-0.1, -0.05) is 43.3 Å². The van der Waals surface area contributed by atoms with Crippen LogP contribution < -0.4 is 5.32 Å². The number of hydrogen-bond donors (Lipinski definition) is 1. The highest BCUT2D eigenvalue weighted by Gasteiger charge is 2.51. The van der Waals surface area contributed by atoms with Gasteiger partial charge in [-0.15, -0.1) is 0 Å². The summed E-state index contributed by atoms with van der Waals surface area (Å²) in [6, 6.07) is 15.7. The van der Waals surface area contributed by atoms with Gasteiger partial charge >= 0.3 is 6.03 Å². The lowest BCUT2D eigenvalue weighted by Crippen LogP contribution is -2.45. The van der Waals surface area contributed by atoms with Crippen molar-refractivity contribution in [3.05, 3.63) is 90.1 Å². The number of nitrogens with one attached hydrogen (secondary N) is 1. The largest absolute Gasteiger partial charge is 0.467 e. The van der Waals surface area contributed by atoms with Crippen LogP contribution >= 0.6 is 0 Å². The number of imide groups is 1. The standard InChI is InChI=1S/C24H24N4O4/c1-2-24(19-9-4-3-5-10-19)22(30)28(23(31)26-24)17-21(29)27(16-20-11-7-13-32-20)15-18-8-6-12-25-14-18/h3-14H,2,15-17H2,1H3,(H,26,31). The van der Waals surface area contributed by atoms with Crippen molar-refractivity contribution in [2.75, 3.05) is 6.54 Å². The Morgan fingerprint density at radius 3 is 2.56 bits per heavy atom. The van der Waals surface area contributed by atoms with Gasteiger partial charge in [0.05, 0.1) is 12.8 Å². The molecule has 4 amide bonds. The van der Waals surface area contributed by atoms with E-state index in [2.05, 4.69) is 10.3 Å². The number of rotatable bonds is 8. The number of hydrogen-bond acceptors (Lipinski definition) is 5. The van der Waals surface area contributed by atoms with Gasteiger partial charge in [0.1, 0.15) is 17.8 Å². The fourth-order valence-electron chi connectivity index (χ4n) is 3.90.